The summed E-state index contributed by atoms with van der Waals surface area (Å²) in [6, 6.07) is 5.80. The van der Waals surface area contributed by atoms with E-state index in [9.17, 15) is 28.8 Å². The Hall–Kier alpha value is -4.53. The van der Waals surface area contributed by atoms with Crippen molar-refractivity contribution >= 4 is 41.9 Å². The lowest BCUT2D eigenvalue weighted by Gasteiger charge is -2.44. The second-order valence-corrected chi connectivity index (χ2v) is 14.7. The third kappa shape index (κ3) is 13.8. The Morgan fingerprint density at radius 2 is 1.62 bits per heavy atom. The van der Waals surface area contributed by atoms with Crippen molar-refractivity contribution in [1.82, 2.24) is 36.4 Å². The number of carboxylic acid groups (broad SMARTS) is 1. The summed E-state index contributed by atoms with van der Waals surface area (Å²) < 4.78 is 0. The molecule has 0 radical (unpaired) electrons. The fourth-order valence-electron chi connectivity index (χ4n) is 7.42. The van der Waals surface area contributed by atoms with Gasteiger partial charge in [0.25, 0.3) is 6.47 Å². The summed E-state index contributed by atoms with van der Waals surface area (Å²) in [5, 5.41) is 20.9. The summed E-state index contributed by atoms with van der Waals surface area (Å²) in [6.45, 7) is 7.07. The van der Waals surface area contributed by atoms with E-state index in [0.29, 0.717) is 24.8 Å². The fraction of sp³-hybridized carbons (Fsp3) is 0.658. The Bertz CT molecular complexity index is 1390. The van der Waals surface area contributed by atoms with Gasteiger partial charge in [-0.05, 0) is 82.4 Å². The second-order valence-electron chi connectivity index (χ2n) is 14.7. The van der Waals surface area contributed by atoms with Crippen LogP contribution in [0, 0.1) is 11.8 Å². The zero-order chi connectivity index (χ0) is 38.9. The maximum absolute atomic E-state index is 13.7. The van der Waals surface area contributed by atoms with E-state index < -0.39 is 47.8 Å². The molecule has 6 amide bonds. The number of amides is 6. The number of carbonyl (C=O) groups is 7. The zero-order valence-electron chi connectivity index (χ0n) is 31.6. The van der Waals surface area contributed by atoms with E-state index in [1.807, 2.05) is 30.3 Å². The van der Waals surface area contributed by atoms with E-state index in [2.05, 4.69) is 31.5 Å². The van der Waals surface area contributed by atoms with Gasteiger partial charge in [-0.2, -0.15) is 0 Å². The van der Waals surface area contributed by atoms with Gasteiger partial charge in [0.1, 0.15) is 24.2 Å². The van der Waals surface area contributed by atoms with Crippen molar-refractivity contribution in [3.05, 3.63) is 35.9 Å². The van der Waals surface area contributed by atoms with Crippen LogP contribution in [0.15, 0.2) is 30.3 Å². The van der Waals surface area contributed by atoms with Crippen LogP contribution < -0.4 is 26.6 Å². The van der Waals surface area contributed by atoms with Crippen LogP contribution in [0.5, 0.6) is 0 Å². The zero-order valence-corrected chi connectivity index (χ0v) is 31.6. The van der Waals surface area contributed by atoms with Crippen molar-refractivity contribution in [2.75, 3.05) is 33.2 Å². The quantitative estimate of drug-likeness (QED) is 0.220. The van der Waals surface area contributed by atoms with Gasteiger partial charge in [0.05, 0.1) is 6.54 Å². The lowest BCUT2D eigenvalue weighted by Crippen LogP contribution is -2.59. The number of benzene rings is 1. The number of fused-ring (bicyclic) bond motifs is 1. The average molecular weight is 742 g/mol. The molecule has 53 heavy (non-hydrogen) atoms. The predicted octanol–water partition coefficient (Wildman–Crippen LogP) is 0.958. The molecule has 0 bridgehead atoms. The van der Waals surface area contributed by atoms with Crippen molar-refractivity contribution in [2.24, 2.45) is 11.8 Å². The Morgan fingerprint density at radius 1 is 0.925 bits per heavy atom. The molecule has 15 heteroatoms. The fourth-order valence-corrected chi connectivity index (χ4v) is 7.42. The molecule has 6 N–H and O–H groups in total. The molecule has 3 aliphatic rings. The van der Waals surface area contributed by atoms with Crippen LogP contribution in [-0.4, -0.2) is 120 Å². The Kier molecular flexibility index (Phi) is 17.7. The monoisotopic (exact) mass is 741 g/mol. The molecule has 3 heterocycles. The first-order chi connectivity index (χ1) is 25.3. The van der Waals surface area contributed by atoms with E-state index in [4.69, 9.17) is 9.90 Å². The first-order valence-corrected chi connectivity index (χ1v) is 18.9. The number of piperidine rings is 2. The highest BCUT2D eigenvalue weighted by atomic mass is 16.3. The maximum atomic E-state index is 13.7. The average Bonchev–Trinajstić information content (AvgIpc) is 3.13. The number of nitrogens with zero attached hydrogens (tertiary/aromatic N) is 2. The van der Waals surface area contributed by atoms with Crippen molar-refractivity contribution in [3.63, 3.8) is 0 Å². The van der Waals surface area contributed by atoms with Crippen molar-refractivity contribution in [1.29, 1.82) is 0 Å². The Morgan fingerprint density at radius 3 is 2.32 bits per heavy atom. The molecular formula is C38H59N7O8. The van der Waals surface area contributed by atoms with Crippen LogP contribution in [0.2, 0.25) is 0 Å². The maximum Gasteiger partial charge on any atom is 0.290 e. The van der Waals surface area contributed by atoms with Crippen molar-refractivity contribution in [2.45, 2.75) is 115 Å². The molecule has 4 rings (SSSR count). The van der Waals surface area contributed by atoms with E-state index >= 15 is 0 Å². The van der Waals surface area contributed by atoms with E-state index in [-0.39, 0.29) is 50.1 Å². The summed E-state index contributed by atoms with van der Waals surface area (Å²) in [5.41, 5.74) is 0.817. The van der Waals surface area contributed by atoms with Gasteiger partial charge in [-0.3, -0.25) is 33.6 Å². The summed E-state index contributed by atoms with van der Waals surface area (Å²) in [4.78, 5) is 92.3. The van der Waals surface area contributed by atoms with Gasteiger partial charge < -0.3 is 41.5 Å². The van der Waals surface area contributed by atoms with Gasteiger partial charge in [0, 0.05) is 32.5 Å². The molecule has 0 aromatic heterocycles. The Labute approximate surface area is 312 Å². The minimum atomic E-state index is -1.03. The number of likely N-dealkylation sites (N-methyl/N-ethyl adjacent to an activating group) is 1. The predicted molar refractivity (Wildman–Crippen MR) is 198 cm³/mol. The molecule has 1 aromatic carbocycles. The normalized spacial score (nSPS) is 27.0. The number of nitrogens with one attached hydrogen (secondary N) is 5. The molecule has 0 unspecified atom stereocenters. The first-order valence-electron chi connectivity index (χ1n) is 18.9. The molecule has 294 valence electrons. The van der Waals surface area contributed by atoms with Gasteiger partial charge in [-0.25, -0.2) is 0 Å². The third-order valence-electron chi connectivity index (χ3n) is 10.3. The van der Waals surface area contributed by atoms with Crippen LogP contribution in [0.1, 0.15) is 84.1 Å². The number of rotatable bonds is 7. The largest absolute Gasteiger partial charge is 0.483 e. The highest BCUT2D eigenvalue weighted by Crippen LogP contribution is 2.33. The van der Waals surface area contributed by atoms with Gasteiger partial charge in [0.2, 0.25) is 35.4 Å². The Balaban J connectivity index is 0.00000243. The highest BCUT2D eigenvalue weighted by molar-refractivity contribution is 5.96. The second kappa shape index (κ2) is 21.9. The lowest BCUT2D eigenvalue weighted by atomic mass is 9.81. The van der Waals surface area contributed by atoms with Crippen LogP contribution in [0.25, 0.3) is 0 Å². The summed E-state index contributed by atoms with van der Waals surface area (Å²) in [6.07, 6.45) is 7.72. The standard InChI is InChI=1S/C37H57N7O6.CH2O2/c1-24(2)33-36(49)39-25(3)34(47)41-29(22-26-12-6-5-7-13-26)37(50)43(4)23-32(46)38-19-10-15-28(35(48)42-33)40-31(45)18-17-27-14-11-21-44-20-9-8-16-30(27)44;2-1-3/h5-7,12-13,24-25,27-30,33H,8-11,14-23H2,1-4H3,(H,38,46)(H,39,49)(H,40,45)(H,41,47)(H,42,48);1H,(H,2,3)/t25-,27+,28+,29+,30-,33-;/m1./s1. The van der Waals surface area contributed by atoms with Crippen molar-refractivity contribution < 1.29 is 38.7 Å². The van der Waals surface area contributed by atoms with E-state index in [1.54, 1.807) is 13.8 Å². The molecule has 0 saturated carbocycles. The van der Waals surface area contributed by atoms with Gasteiger partial charge in [-0.1, -0.05) is 50.6 Å². The van der Waals surface area contributed by atoms with Gasteiger partial charge in [0.15, 0.2) is 0 Å². The van der Waals surface area contributed by atoms with Crippen LogP contribution in [0.3, 0.4) is 0 Å². The molecule has 15 nitrogen and oxygen atoms in total. The van der Waals surface area contributed by atoms with Crippen LogP contribution in [0.4, 0.5) is 0 Å². The highest BCUT2D eigenvalue weighted by Gasteiger charge is 2.35. The number of carbonyl (C=O) groups excluding carboxylic acids is 6. The van der Waals surface area contributed by atoms with Crippen molar-refractivity contribution in [3.8, 4) is 0 Å². The lowest BCUT2D eigenvalue weighted by molar-refractivity contribution is -0.139. The molecule has 6 atom stereocenters. The van der Waals surface area contributed by atoms with E-state index in [0.717, 1.165) is 37.9 Å². The number of hydrogen-bond acceptors (Lipinski definition) is 8. The smallest absolute Gasteiger partial charge is 0.290 e. The molecule has 0 spiro atoms. The number of hydrogen-bond donors (Lipinski definition) is 6. The summed E-state index contributed by atoms with van der Waals surface area (Å²) in [5.74, 6) is -2.56. The summed E-state index contributed by atoms with van der Waals surface area (Å²) >= 11 is 0. The molecule has 3 saturated heterocycles. The molecule has 1 aromatic rings. The molecule has 3 aliphatic heterocycles. The molecular weight excluding hydrogens is 682 g/mol. The third-order valence-corrected chi connectivity index (χ3v) is 10.3. The van der Waals surface area contributed by atoms with Gasteiger partial charge >= 0.3 is 0 Å². The topological polar surface area (TPSA) is 206 Å². The minimum Gasteiger partial charge on any atom is -0.483 e. The van der Waals surface area contributed by atoms with Crippen LogP contribution in [-0.2, 0) is 40.0 Å². The SMILES string of the molecule is CC(C)[C@H]1NC(=O)[C@@H](NC(=O)CC[C@@H]2CCCN3CCCC[C@H]23)CCCNC(=O)CN(C)C(=O)[C@H](Cc2ccccc2)NC(=O)[C@@H](C)NC1=O.O=CO. The molecule has 0 aliphatic carbocycles. The van der Waals surface area contributed by atoms with Gasteiger partial charge in [-0.15, -0.1) is 0 Å². The summed E-state index contributed by atoms with van der Waals surface area (Å²) in [7, 11) is 1.50. The van der Waals surface area contributed by atoms with E-state index in [1.165, 1.54) is 38.1 Å². The first kappa shape index (κ1) is 42.9. The van der Waals surface area contributed by atoms with Crippen LogP contribution >= 0.6 is 0 Å². The minimum absolute atomic E-state index is 0.190. The molecule has 3 fully saturated rings.